The molecule has 3 aromatic carbocycles. The molecule has 0 spiro atoms. The van der Waals surface area contributed by atoms with Crippen LogP contribution in [0.15, 0.2) is 74.7 Å². The molecule has 3 aromatic rings. The molecule has 4 N–H and O–H groups in total. The normalized spacial score (nSPS) is 10.7. The van der Waals surface area contributed by atoms with Gasteiger partial charge >= 0.3 is 0 Å². The summed E-state index contributed by atoms with van der Waals surface area (Å²) in [5, 5.41) is 26.3. The maximum Gasteiger partial charge on any atom is 0.271 e. The van der Waals surface area contributed by atoms with Crippen LogP contribution in [-0.4, -0.2) is 28.2 Å². The third-order valence-corrected chi connectivity index (χ3v) is 5.36. The van der Waals surface area contributed by atoms with Gasteiger partial charge in [0.25, 0.3) is 11.8 Å². The molecule has 3 rings (SSSR count). The molecule has 0 saturated heterocycles. The summed E-state index contributed by atoms with van der Waals surface area (Å²) in [4.78, 5) is 24.4. The van der Waals surface area contributed by atoms with Gasteiger partial charge in [0.2, 0.25) is 0 Å². The Morgan fingerprint density at radius 3 is 2.17 bits per heavy atom. The molecule has 0 atom stereocenters. The predicted octanol–water partition coefficient (Wildman–Crippen LogP) is 4.64. The summed E-state index contributed by atoms with van der Waals surface area (Å²) in [7, 11) is 0. The smallest absolute Gasteiger partial charge is 0.271 e. The first-order valence-electron chi connectivity index (χ1n) is 8.56. The molecule has 0 radical (unpaired) electrons. The van der Waals surface area contributed by atoms with Crippen molar-refractivity contribution in [1.29, 1.82) is 0 Å². The second-order valence-electron chi connectivity index (χ2n) is 6.06. The molecular formula is C21H15Br2N3O4. The highest BCUT2D eigenvalue weighted by molar-refractivity contribution is 9.11. The number of hydrazone groups is 1. The second kappa shape index (κ2) is 9.55. The van der Waals surface area contributed by atoms with Crippen LogP contribution in [0.2, 0.25) is 0 Å². The van der Waals surface area contributed by atoms with Gasteiger partial charge in [0, 0.05) is 22.4 Å². The molecule has 0 aliphatic rings. The fourth-order valence-electron chi connectivity index (χ4n) is 2.44. The molecule has 7 nitrogen and oxygen atoms in total. The number of phenolic OH excluding ortho intramolecular Hbond substituents is 2. The van der Waals surface area contributed by atoms with Crippen LogP contribution in [0.4, 0.5) is 5.69 Å². The van der Waals surface area contributed by atoms with Gasteiger partial charge in [-0.05, 0) is 74.3 Å². The third-order valence-electron chi connectivity index (χ3n) is 4.01. The topological polar surface area (TPSA) is 111 Å². The van der Waals surface area contributed by atoms with Gasteiger partial charge in [0.15, 0.2) is 0 Å². The first-order chi connectivity index (χ1) is 14.4. The van der Waals surface area contributed by atoms with E-state index in [0.29, 0.717) is 21.3 Å². The molecule has 0 saturated carbocycles. The molecule has 9 heteroatoms. The van der Waals surface area contributed by atoms with Gasteiger partial charge in [0.1, 0.15) is 16.0 Å². The molecule has 0 bridgehead atoms. The third kappa shape index (κ3) is 5.05. The van der Waals surface area contributed by atoms with Crippen molar-refractivity contribution in [2.24, 2.45) is 5.10 Å². The van der Waals surface area contributed by atoms with E-state index >= 15 is 0 Å². The lowest BCUT2D eigenvalue weighted by atomic mass is 10.1. The number of hydrogen-bond acceptors (Lipinski definition) is 5. The SMILES string of the molecule is O=C(NN=Cc1cc(Br)c(O)c(Br)c1O)c1ccc(NC(=O)c2ccccc2)cc1. The quantitative estimate of drug-likeness (QED) is 0.283. The van der Waals surface area contributed by atoms with Gasteiger partial charge in [-0.3, -0.25) is 9.59 Å². The summed E-state index contributed by atoms with van der Waals surface area (Å²) in [6.07, 6.45) is 1.25. The summed E-state index contributed by atoms with van der Waals surface area (Å²) in [5.74, 6) is -1.08. The summed E-state index contributed by atoms with van der Waals surface area (Å²) in [6.45, 7) is 0. The number of aromatic hydroxyl groups is 2. The second-order valence-corrected chi connectivity index (χ2v) is 7.70. The molecule has 0 heterocycles. The van der Waals surface area contributed by atoms with Crippen molar-refractivity contribution in [3.05, 3.63) is 86.3 Å². The number of phenols is 2. The predicted molar refractivity (Wildman–Crippen MR) is 121 cm³/mol. The standard InChI is InChI=1S/C21H15Br2N3O4/c22-16-10-14(18(27)17(23)19(16)28)11-24-26-21(30)13-6-8-15(9-7-13)25-20(29)12-4-2-1-3-5-12/h1-11,27-28H,(H,25,29)(H,26,30). The number of amides is 2. The molecule has 30 heavy (non-hydrogen) atoms. The van der Waals surface area contributed by atoms with Gasteiger partial charge in [-0.25, -0.2) is 5.43 Å². The number of anilines is 1. The number of nitrogens with one attached hydrogen (secondary N) is 2. The molecule has 152 valence electrons. The van der Waals surface area contributed by atoms with Crippen molar-refractivity contribution in [3.8, 4) is 11.5 Å². The molecule has 0 unspecified atom stereocenters. The Bertz CT molecular complexity index is 1120. The zero-order chi connectivity index (χ0) is 21.7. The van der Waals surface area contributed by atoms with Gasteiger partial charge in [-0.2, -0.15) is 5.10 Å². The van der Waals surface area contributed by atoms with Crippen LogP contribution in [0.5, 0.6) is 11.5 Å². The minimum atomic E-state index is -0.469. The van der Waals surface area contributed by atoms with Crippen LogP contribution in [-0.2, 0) is 0 Å². The van der Waals surface area contributed by atoms with Crippen LogP contribution < -0.4 is 10.7 Å². The van der Waals surface area contributed by atoms with Gasteiger partial charge in [-0.15, -0.1) is 0 Å². The zero-order valence-corrected chi connectivity index (χ0v) is 18.4. The summed E-state index contributed by atoms with van der Waals surface area (Å²) in [6, 6.07) is 16.6. The Hall–Kier alpha value is -3.17. The molecule has 0 fully saturated rings. The first-order valence-corrected chi connectivity index (χ1v) is 10.1. The Morgan fingerprint density at radius 2 is 1.50 bits per heavy atom. The average Bonchev–Trinajstić information content (AvgIpc) is 2.76. The maximum absolute atomic E-state index is 12.2. The number of nitrogens with zero attached hydrogens (tertiary/aromatic N) is 1. The van der Waals surface area contributed by atoms with Crippen LogP contribution in [0.3, 0.4) is 0 Å². The highest BCUT2D eigenvalue weighted by atomic mass is 79.9. The highest BCUT2D eigenvalue weighted by Gasteiger charge is 2.13. The van der Waals surface area contributed by atoms with E-state index in [1.165, 1.54) is 12.3 Å². The van der Waals surface area contributed by atoms with Crippen molar-refractivity contribution in [1.82, 2.24) is 5.43 Å². The largest absolute Gasteiger partial charge is 0.506 e. The number of rotatable bonds is 5. The lowest BCUT2D eigenvalue weighted by molar-refractivity contribution is 0.0954. The molecular weight excluding hydrogens is 518 g/mol. The summed E-state index contributed by atoms with van der Waals surface area (Å²) >= 11 is 6.23. The Balaban J connectivity index is 1.63. The van der Waals surface area contributed by atoms with E-state index in [4.69, 9.17) is 0 Å². The van der Waals surface area contributed by atoms with Gasteiger partial charge in [0.05, 0.1) is 10.7 Å². The first kappa shape index (κ1) is 21.5. The number of halogens is 2. The van der Waals surface area contributed by atoms with Crippen LogP contribution in [0, 0.1) is 0 Å². The lowest BCUT2D eigenvalue weighted by Crippen LogP contribution is -2.18. The fourth-order valence-corrected chi connectivity index (χ4v) is 3.59. The number of benzene rings is 3. The van der Waals surface area contributed by atoms with Crippen molar-refractivity contribution >= 4 is 55.6 Å². The van der Waals surface area contributed by atoms with E-state index in [-0.39, 0.29) is 27.4 Å². The van der Waals surface area contributed by atoms with Crippen molar-refractivity contribution in [2.45, 2.75) is 0 Å². The monoisotopic (exact) mass is 531 g/mol. The van der Waals surface area contributed by atoms with E-state index in [1.54, 1.807) is 48.5 Å². The van der Waals surface area contributed by atoms with E-state index in [0.717, 1.165) is 0 Å². The number of carbonyl (C=O) groups is 2. The van der Waals surface area contributed by atoms with Crippen molar-refractivity contribution in [3.63, 3.8) is 0 Å². The Kier molecular flexibility index (Phi) is 6.86. The summed E-state index contributed by atoms with van der Waals surface area (Å²) < 4.78 is 0.464. The van der Waals surface area contributed by atoms with E-state index in [2.05, 4.69) is 47.7 Å². The fraction of sp³-hybridized carbons (Fsp3) is 0. The van der Waals surface area contributed by atoms with E-state index in [9.17, 15) is 19.8 Å². The molecule has 0 aliphatic heterocycles. The van der Waals surface area contributed by atoms with Gasteiger partial charge in [-0.1, -0.05) is 18.2 Å². The van der Waals surface area contributed by atoms with Crippen molar-refractivity contribution in [2.75, 3.05) is 5.32 Å². The zero-order valence-electron chi connectivity index (χ0n) is 15.3. The minimum Gasteiger partial charge on any atom is -0.506 e. The van der Waals surface area contributed by atoms with Gasteiger partial charge < -0.3 is 15.5 Å². The molecule has 2 amide bonds. The number of carbonyl (C=O) groups excluding carboxylic acids is 2. The van der Waals surface area contributed by atoms with Crippen LogP contribution >= 0.6 is 31.9 Å². The lowest BCUT2D eigenvalue weighted by Gasteiger charge is -2.07. The van der Waals surface area contributed by atoms with E-state index in [1.807, 2.05) is 6.07 Å². The molecule has 0 aliphatic carbocycles. The summed E-state index contributed by atoms with van der Waals surface area (Å²) in [5.41, 5.74) is 4.05. The Morgan fingerprint density at radius 1 is 0.867 bits per heavy atom. The van der Waals surface area contributed by atoms with E-state index < -0.39 is 5.91 Å². The minimum absolute atomic E-state index is 0.109. The average molecular weight is 533 g/mol. The molecule has 0 aromatic heterocycles. The Labute approximate surface area is 188 Å². The maximum atomic E-state index is 12.2. The van der Waals surface area contributed by atoms with Crippen molar-refractivity contribution < 1.29 is 19.8 Å². The highest BCUT2D eigenvalue weighted by Crippen LogP contribution is 2.40. The van der Waals surface area contributed by atoms with Crippen LogP contribution in [0.1, 0.15) is 26.3 Å². The van der Waals surface area contributed by atoms with Crippen LogP contribution in [0.25, 0.3) is 0 Å². The number of hydrogen-bond donors (Lipinski definition) is 4.